The number of nitro groups is 1. The molecule has 0 heterocycles. The molecule has 0 bridgehead atoms. The second-order valence-electron chi connectivity index (χ2n) is 3.75. The lowest BCUT2D eigenvalue weighted by Crippen LogP contribution is -2.32. The number of sulfonamides is 1. The van der Waals surface area contributed by atoms with Gasteiger partial charge in [-0.05, 0) is 12.1 Å². The van der Waals surface area contributed by atoms with E-state index >= 15 is 0 Å². The van der Waals surface area contributed by atoms with Crippen molar-refractivity contribution in [3.63, 3.8) is 0 Å². The molecule has 0 saturated carbocycles. The van der Waals surface area contributed by atoms with Crippen molar-refractivity contribution in [3.05, 3.63) is 34.1 Å². The summed E-state index contributed by atoms with van der Waals surface area (Å²) in [5, 5.41) is 19.3. The average molecular weight is 301 g/mol. The topological polar surface area (TPSA) is 104 Å². The van der Waals surface area contributed by atoms with Gasteiger partial charge in [0, 0.05) is 19.5 Å². The summed E-state index contributed by atoms with van der Waals surface area (Å²) >= 11 is 0. The van der Waals surface area contributed by atoms with Gasteiger partial charge >= 0.3 is 5.69 Å². The van der Waals surface area contributed by atoms with Gasteiger partial charge in [-0.15, -0.1) is 0 Å². The Balaban J connectivity index is 3.39. The van der Waals surface area contributed by atoms with E-state index in [0.717, 1.165) is 22.5 Å². The maximum atomic E-state index is 13.5. The first kappa shape index (κ1) is 16.0. The summed E-state index contributed by atoms with van der Waals surface area (Å²) in [5.74, 6) is -1.22. The number of nitrogens with zero attached hydrogens (tertiary/aromatic N) is 3. The molecule has 0 radical (unpaired) electrons. The molecule has 1 aromatic carbocycles. The van der Waals surface area contributed by atoms with Crippen LogP contribution in [0.2, 0.25) is 0 Å². The molecular formula is C11H12FN3O4S. The summed E-state index contributed by atoms with van der Waals surface area (Å²) in [4.78, 5) is 9.07. The van der Waals surface area contributed by atoms with Crippen molar-refractivity contribution >= 4 is 15.7 Å². The van der Waals surface area contributed by atoms with Crippen LogP contribution in [0.1, 0.15) is 13.3 Å². The highest BCUT2D eigenvalue weighted by atomic mass is 32.2. The van der Waals surface area contributed by atoms with Gasteiger partial charge in [-0.1, -0.05) is 13.0 Å². The lowest BCUT2D eigenvalue weighted by molar-refractivity contribution is -0.390. The predicted molar refractivity (Wildman–Crippen MR) is 67.7 cm³/mol. The highest BCUT2D eigenvalue weighted by Crippen LogP contribution is 2.29. The summed E-state index contributed by atoms with van der Waals surface area (Å²) in [7, 11) is -4.22. The maximum Gasteiger partial charge on any atom is 0.324 e. The van der Waals surface area contributed by atoms with E-state index in [0.29, 0.717) is 0 Å². The van der Waals surface area contributed by atoms with Crippen LogP contribution < -0.4 is 0 Å². The van der Waals surface area contributed by atoms with E-state index in [1.54, 1.807) is 6.07 Å². The Labute approximate surface area is 115 Å². The molecule has 0 aliphatic rings. The number of nitro benzene ring substituents is 1. The molecular weight excluding hydrogens is 289 g/mol. The van der Waals surface area contributed by atoms with Crippen molar-refractivity contribution in [2.45, 2.75) is 18.2 Å². The van der Waals surface area contributed by atoms with Gasteiger partial charge in [0.2, 0.25) is 15.8 Å². The zero-order valence-electron chi connectivity index (χ0n) is 10.6. The molecule has 7 nitrogen and oxygen atoms in total. The van der Waals surface area contributed by atoms with Gasteiger partial charge in [-0.3, -0.25) is 10.1 Å². The molecule has 9 heteroatoms. The molecule has 0 N–H and O–H groups in total. The Morgan fingerprint density at radius 1 is 1.50 bits per heavy atom. The van der Waals surface area contributed by atoms with Crippen molar-refractivity contribution in [2.75, 3.05) is 13.1 Å². The minimum Gasteiger partial charge on any atom is -0.258 e. The molecule has 1 rings (SSSR count). The molecule has 0 saturated heterocycles. The molecule has 108 valence electrons. The van der Waals surface area contributed by atoms with E-state index in [-0.39, 0.29) is 19.5 Å². The van der Waals surface area contributed by atoms with Crippen molar-refractivity contribution < 1.29 is 17.7 Å². The average Bonchev–Trinajstić information content (AvgIpc) is 2.38. The van der Waals surface area contributed by atoms with E-state index in [4.69, 9.17) is 5.26 Å². The van der Waals surface area contributed by atoms with Crippen LogP contribution in [0.3, 0.4) is 0 Å². The van der Waals surface area contributed by atoms with Gasteiger partial charge in [0.15, 0.2) is 4.90 Å². The fraction of sp³-hybridized carbons (Fsp3) is 0.364. The second-order valence-corrected chi connectivity index (χ2v) is 5.65. The molecule has 0 aliphatic carbocycles. The third-order valence-corrected chi connectivity index (χ3v) is 4.58. The number of nitriles is 1. The summed E-state index contributed by atoms with van der Waals surface area (Å²) in [6, 6.07) is 4.68. The normalized spacial score (nSPS) is 11.3. The summed E-state index contributed by atoms with van der Waals surface area (Å²) < 4.78 is 39.0. The van der Waals surface area contributed by atoms with Crippen LogP contribution in [0.15, 0.2) is 23.1 Å². The van der Waals surface area contributed by atoms with Crippen LogP contribution in [0.5, 0.6) is 0 Å². The number of hydrogen-bond donors (Lipinski definition) is 0. The molecule has 0 aliphatic heterocycles. The van der Waals surface area contributed by atoms with Gasteiger partial charge in [0.25, 0.3) is 0 Å². The summed E-state index contributed by atoms with van der Waals surface area (Å²) in [6.45, 7) is 1.45. The van der Waals surface area contributed by atoms with Crippen LogP contribution in [0.25, 0.3) is 0 Å². The first-order chi connectivity index (χ1) is 9.36. The van der Waals surface area contributed by atoms with Gasteiger partial charge < -0.3 is 0 Å². The lowest BCUT2D eigenvalue weighted by atomic mass is 10.3. The van der Waals surface area contributed by atoms with Crippen molar-refractivity contribution in [2.24, 2.45) is 0 Å². The smallest absolute Gasteiger partial charge is 0.258 e. The zero-order chi connectivity index (χ0) is 15.3. The SMILES string of the molecule is CCN(CCC#N)S(=O)(=O)c1cccc(F)c1[N+](=O)[O-]. The zero-order valence-corrected chi connectivity index (χ0v) is 11.4. The van der Waals surface area contributed by atoms with Crippen molar-refractivity contribution in [3.8, 4) is 6.07 Å². The third kappa shape index (κ3) is 3.09. The summed E-state index contributed by atoms with van der Waals surface area (Å²) in [5.41, 5.74) is -1.08. The van der Waals surface area contributed by atoms with Gasteiger partial charge in [0.05, 0.1) is 11.0 Å². The Morgan fingerprint density at radius 2 is 2.15 bits per heavy atom. The van der Waals surface area contributed by atoms with Crippen LogP contribution in [-0.4, -0.2) is 30.7 Å². The Kier molecular flexibility index (Phi) is 5.12. The molecule has 0 atom stereocenters. The minimum absolute atomic E-state index is 0.0255. The highest BCUT2D eigenvalue weighted by molar-refractivity contribution is 7.89. The van der Waals surface area contributed by atoms with Crippen LogP contribution >= 0.6 is 0 Å². The van der Waals surface area contributed by atoms with Crippen LogP contribution in [-0.2, 0) is 10.0 Å². The first-order valence-electron chi connectivity index (χ1n) is 5.66. The molecule has 0 aromatic heterocycles. The van der Waals surface area contributed by atoms with E-state index in [1.807, 2.05) is 0 Å². The minimum atomic E-state index is -4.22. The first-order valence-corrected chi connectivity index (χ1v) is 7.10. The molecule has 0 fully saturated rings. The van der Waals surface area contributed by atoms with Crippen LogP contribution in [0.4, 0.5) is 10.1 Å². The van der Waals surface area contributed by atoms with E-state index < -0.39 is 31.3 Å². The predicted octanol–water partition coefficient (Wildman–Crippen LogP) is 1.66. The number of rotatable bonds is 6. The van der Waals surface area contributed by atoms with E-state index in [2.05, 4.69) is 0 Å². The molecule has 20 heavy (non-hydrogen) atoms. The fourth-order valence-corrected chi connectivity index (χ4v) is 3.26. The van der Waals surface area contributed by atoms with Crippen molar-refractivity contribution in [1.29, 1.82) is 5.26 Å². The summed E-state index contributed by atoms with van der Waals surface area (Å²) in [6.07, 6.45) is -0.0593. The maximum absolute atomic E-state index is 13.5. The highest BCUT2D eigenvalue weighted by Gasteiger charge is 2.33. The Hall–Kier alpha value is -2.05. The Morgan fingerprint density at radius 3 is 2.65 bits per heavy atom. The lowest BCUT2D eigenvalue weighted by Gasteiger charge is -2.19. The van der Waals surface area contributed by atoms with E-state index in [1.165, 1.54) is 6.92 Å². The monoisotopic (exact) mass is 301 g/mol. The number of para-hydroxylation sites is 1. The molecule has 1 aromatic rings. The van der Waals surface area contributed by atoms with Gasteiger partial charge in [0.1, 0.15) is 0 Å². The van der Waals surface area contributed by atoms with Crippen molar-refractivity contribution in [1.82, 2.24) is 4.31 Å². The quantitative estimate of drug-likeness (QED) is 0.587. The third-order valence-electron chi connectivity index (χ3n) is 2.58. The number of hydrogen-bond acceptors (Lipinski definition) is 5. The molecule has 0 spiro atoms. The van der Waals surface area contributed by atoms with Gasteiger partial charge in [-0.25, -0.2) is 8.42 Å². The second kappa shape index (κ2) is 6.40. The largest absolute Gasteiger partial charge is 0.324 e. The number of benzene rings is 1. The number of halogens is 1. The van der Waals surface area contributed by atoms with Crippen LogP contribution in [0, 0.1) is 27.3 Å². The molecule has 0 amide bonds. The fourth-order valence-electron chi connectivity index (χ4n) is 1.64. The Bertz CT molecular complexity index is 654. The molecule has 0 unspecified atom stereocenters. The van der Waals surface area contributed by atoms with E-state index in [9.17, 15) is 22.9 Å². The van der Waals surface area contributed by atoms with Gasteiger partial charge in [-0.2, -0.15) is 14.0 Å². The standard InChI is InChI=1S/C11H12FN3O4S/c1-2-14(8-4-7-13)20(18,19)10-6-3-5-9(12)11(10)15(16)17/h3,5-6H,2,4,8H2,1H3.